The lowest BCUT2D eigenvalue weighted by atomic mass is 10.1. The monoisotopic (exact) mass is 873 g/mol. The van der Waals surface area contributed by atoms with E-state index in [4.69, 9.17) is 30.5 Å². The van der Waals surface area contributed by atoms with Crippen molar-refractivity contribution in [2.45, 2.75) is 32.4 Å². The normalized spacial score (nSPS) is 12.7. The third-order valence-electron chi connectivity index (χ3n) is 10.1. The summed E-state index contributed by atoms with van der Waals surface area (Å²) in [5, 5.41) is 5.05. The predicted molar refractivity (Wildman–Crippen MR) is 241 cm³/mol. The van der Waals surface area contributed by atoms with Crippen LogP contribution in [0.1, 0.15) is 26.4 Å². The summed E-state index contributed by atoms with van der Waals surface area (Å²) in [6, 6.07) is 34.9. The summed E-state index contributed by atoms with van der Waals surface area (Å²) < 4.78 is 54.2. The van der Waals surface area contributed by atoms with E-state index in [-0.39, 0.29) is 41.3 Å². The number of nitrogens with one attached hydrogen (secondary N) is 1. The van der Waals surface area contributed by atoms with E-state index in [9.17, 15) is 14.0 Å². The number of hydrazine groups is 1. The van der Waals surface area contributed by atoms with Crippen molar-refractivity contribution in [2.75, 3.05) is 44.1 Å². The number of morpholine rings is 1. The Bertz CT molecular complexity index is 2680. The number of para-hydroxylation sites is 2. The molecule has 0 saturated carbocycles. The smallest absolute Gasteiger partial charge is 0.254 e. The number of halogens is 2. The minimum absolute atomic E-state index is 0.0482. The number of hydrogen-bond acceptors (Lipinski definition) is 10. The molecule has 1 fully saturated rings. The van der Waals surface area contributed by atoms with Gasteiger partial charge in [-0.25, -0.2) is 13.5 Å². The number of anilines is 2. The number of nitrogens with two attached hydrogens (primary N) is 2. The molecule has 3 heterocycles. The zero-order valence-corrected chi connectivity index (χ0v) is 36.2. The molecule has 1 aliphatic heterocycles. The highest BCUT2D eigenvalue weighted by molar-refractivity contribution is 6.76. The Balaban J connectivity index is 0.000000312. The van der Waals surface area contributed by atoms with Crippen LogP contribution in [0.2, 0.25) is 25.7 Å². The van der Waals surface area contributed by atoms with Crippen LogP contribution in [-0.2, 0) is 16.2 Å². The second-order valence-corrected chi connectivity index (χ2v) is 21.5. The van der Waals surface area contributed by atoms with Crippen LogP contribution in [0.15, 0.2) is 128 Å². The van der Waals surface area contributed by atoms with Gasteiger partial charge < -0.3 is 39.6 Å². The van der Waals surface area contributed by atoms with E-state index in [0.717, 1.165) is 16.9 Å². The number of amides is 1. The Labute approximate surface area is 364 Å². The number of carbonyl (C=O) groups excluding carboxylic acids is 2. The molecular weight excluding hydrogens is 825 g/mol. The van der Waals surface area contributed by atoms with Crippen LogP contribution in [-0.4, -0.2) is 71.9 Å². The second-order valence-electron chi connectivity index (χ2n) is 15.9. The van der Waals surface area contributed by atoms with E-state index in [1.165, 1.54) is 35.1 Å². The summed E-state index contributed by atoms with van der Waals surface area (Å²) in [6.45, 7) is 9.61. The number of carbonyl (C=O) groups is 2. The van der Waals surface area contributed by atoms with Gasteiger partial charge in [0.05, 0.1) is 47.6 Å². The quantitative estimate of drug-likeness (QED) is 0.0316. The number of ketones is 1. The van der Waals surface area contributed by atoms with Gasteiger partial charge in [0.25, 0.3) is 5.91 Å². The number of nitrogen functional groups attached to an aromatic ring is 2. The molecule has 0 radical (unpaired) electrons. The SMILES string of the molecule is C[Si](C)(C)CCOCn1c(C(=O)c2cnn(-c3ccc(Oc4ccccc4)c(F)c3)c2N)cc2cc(C(=O)N3CCOCC3)ccc21.NNc1ccc(Oc2ccccc2)c(F)c1. The second kappa shape index (κ2) is 19.9. The molecule has 1 saturated heterocycles. The largest absolute Gasteiger partial charge is 0.454 e. The Morgan fingerprint density at radius 3 is 2.05 bits per heavy atom. The number of benzene rings is 5. The molecule has 0 spiro atoms. The zero-order chi connectivity index (χ0) is 44.5. The molecule has 8 rings (SSSR count). The van der Waals surface area contributed by atoms with Crippen LogP contribution in [0, 0.1) is 11.6 Å². The fraction of sp³-hybridized carbons (Fsp3) is 0.213. The van der Waals surface area contributed by atoms with Crippen molar-refractivity contribution in [1.29, 1.82) is 0 Å². The van der Waals surface area contributed by atoms with Crippen LogP contribution < -0.4 is 26.5 Å². The fourth-order valence-corrected chi connectivity index (χ4v) is 7.46. The van der Waals surface area contributed by atoms with Crippen molar-refractivity contribution >= 4 is 42.2 Å². The summed E-state index contributed by atoms with van der Waals surface area (Å²) in [4.78, 5) is 29.1. The molecule has 0 aliphatic carbocycles. The average Bonchev–Trinajstić information content (AvgIpc) is 3.86. The zero-order valence-electron chi connectivity index (χ0n) is 35.2. The number of aromatic nitrogens is 3. The molecule has 2 aromatic heterocycles. The molecule has 7 aromatic rings. The minimum atomic E-state index is -1.34. The van der Waals surface area contributed by atoms with Crippen molar-refractivity contribution in [2.24, 2.45) is 5.84 Å². The maximum absolute atomic E-state index is 15.1. The van der Waals surface area contributed by atoms with Crippen molar-refractivity contribution in [1.82, 2.24) is 19.2 Å². The maximum Gasteiger partial charge on any atom is 0.254 e. The lowest BCUT2D eigenvalue weighted by Gasteiger charge is -2.26. The first-order chi connectivity index (χ1) is 30.4. The molecule has 1 aliphatic rings. The standard InChI is InChI=1S/C35H38FN5O5Si.C12H11FN2O/c1-47(2,3)18-17-45-23-40-30-11-9-24(35(43)39-13-15-44-16-14-39)19-25(30)20-31(40)33(42)28-22-38-41(34(28)37)26-10-12-32(29(36)21-26)46-27-7-5-4-6-8-27;13-11-8-9(15-14)6-7-12(11)16-10-4-2-1-3-5-10/h4-12,19-22H,13-18,23,37H2,1-3H3;1-8,15H,14H2. The third-order valence-corrected chi connectivity index (χ3v) is 11.9. The summed E-state index contributed by atoms with van der Waals surface area (Å²) in [5.41, 5.74) is 11.5. The van der Waals surface area contributed by atoms with Gasteiger partial charge in [-0.15, -0.1) is 0 Å². The van der Waals surface area contributed by atoms with E-state index in [1.54, 1.807) is 76.2 Å². The van der Waals surface area contributed by atoms with Gasteiger partial charge in [0, 0.05) is 50.9 Å². The molecule has 63 heavy (non-hydrogen) atoms. The number of rotatable bonds is 14. The molecule has 5 aromatic carbocycles. The van der Waals surface area contributed by atoms with Gasteiger partial charge in [-0.05, 0) is 78.8 Å². The number of hydrogen-bond donors (Lipinski definition) is 3. The highest BCUT2D eigenvalue weighted by Crippen LogP contribution is 2.30. The van der Waals surface area contributed by atoms with Crippen LogP contribution in [0.5, 0.6) is 23.0 Å². The summed E-state index contributed by atoms with van der Waals surface area (Å²) in [7, 11) is -1.34. The molecule has 5 N–H and O–H groups in total. The molecule has 0 atom stereocenters. The number of nitrogens with zero attached hydrogens (tertiary/aromatic N) is 4. The van der Waals surface area contributed by atoms with Gasteiger partial charge in [0.1, 0.15) is 24.0 Å². The van der Waals surface area contributed by atoms with Gasteiger partial charge in [-0.3, -0.25) is 15.4 Å². The van der Waals surface area contributed by atoms with Gasteiger partial charge >= 0.3 is 0 Å². The minimum Gasteiger partial charge on any atom is -0.454 e. The van der Waals surface area contributed by atoms with E-state index in [2.05, 4.69) is 30.2 Å². The highest BCUT2D eigenvalue weighted by Gasteiger charge is 2.25. The first-order valence-corrected chi connectivity index (χ1v) is 24.1. The van der Waals surface area contributed by atoms with Crippen molar-refractivity contribution < 1.29 is 37.3 Å². The van der Waals surface area contributed by atoms with Gasteiger partial charge in [0.2, 0.25) is 5.78 Å². The van der Waals surface area contributed by atoms with E-state index in [1.807, 2.05) is 30.3 Å². The Morgan fingerprint density at radius 1 is 0.810 bits per heavy atom. The third kappa shape index (κ3) is 11.0. The molecule has 326 valence electrons. The van der Waals surface area contributed by atoms with Gasteiger partial charge in [0.15, 0.2) is 23.1 Å². The molecule has 1 amide bonds. The van der Waals surface area contributed by atoms with E-state index < -0.39 is 19.7 Å². The van der Waals surface area contributed by atoms with Crippen molar-refractivity contribution in [3.05, 3.63) is 156 Å². The summed E-state index contributed by atoms with van der Waals surface area (Å²) >= 11 is 0. The predicted octanol–water partition coefficient (Wildman–Crippen LogP) is 9.26. The number of ether oxygens (including phenoxy) is 4. The van der Waals surface area contributed by atoms with E-state index in [0.29, 0.717) is 67.0 Å². The molecule has 0 unspecified atom stereocenters. The average molecular weight is 874 g/mol. The summed E-state index contributed by atoms with van der Waals surface area (Å²) in [6.07, 6.45) is 1.38. The van der Waals surface area contributed by atoms with Crippen LogP contribution in [0.4, 0.5) is 20.3 Å². The molecule has 13 nitrogen and oxygen atoms in total. The van der Waals surface area contributed by atoms with Gasteiger partial charge in [-0.2, -0.15) is 5.10 Å². The lowest BCUT2D eigenvalue weighted by molar-refractivity contribution is 0.0303. The highest BCUT2D eigenvalue weighted by atomic mass is 28.3. The maximum atomic E-state index is 15.1. The first kappa shape index (κ1) is 44.2. The first-order valence-electron chi connectivity index (χ1n) is 20.4. The fourth-order valence-electron chi connectivity index (χ4n) is 6.70. The lowest BCUT2D eigenvalue weighted by Crippen LogP contribution is -2.40. The number of fused-ring (bicyclic) bond motifs is 1. The van der Waals surface area contributed by atoms with Crippen molar-refractivity contribution in [3.8, 4) is 28.7 Å². The Morgan fingerprint density at radius 2 is 1.44 bits per heavy atom. The van der Waals surface area contributed by atoms with Gasteiger partial charge in [-0.1, -0.05) is 56.0 Å². The van der Waals surface area contributed by atoms with Crippen LogP contribution in [0.3, 0.4) is 0 Å². The summed E-state index contributed by atoms with van der Waals surface area (Å²) in [5.74, 6) is 5.02. The molecule has 16 heteroatoms. The molecule has 0 bridgehead atoms. The molecular formula is C47H49F2N7O6Si. The Hall–Kier alpha value is -6.85. The van der Waals surface area contributed by atoms with Crippen LogP contribution >= 0.6 is 0 Å². The van der Waals surface area contributed by atoms with Crippen LogP contribution in [0.25, 0.3) is 16.6 Å². The van der Waals surface area contributed by atoms with E-state index >= 15 is 4.39 Å². The Kier molecular flexibility index (Phi) is 14.0. The van der Waals surface area contributed by atoms with Crippen molar-refractivity contribution in [3.63, 3.8) is 0 Å². The topological polar surface area (TPSA) is 161 Å².